The third kappa shape index (κ3) is 5.45. The zero-order chi connectivity index (χ0) is 37.0. The first kappa shape index (κ1) is 32.4. The monoisotopic (exact) mass is 718 g/mol. The van der Waals surface area contributed by atoms with Crippen molar-refractivity contribution in [1.82, 2.24) is 19.1 Å². The highest BCUT2D eigenvalue weighted by Gasteiger charge is 2.20. The molecule has 0 saturated heterocycles. The first-order valence-corrected chi connectivity index (χ1v) is 19.6. The number of hydrogen-bond donors (Lipinski definition) is 0. The van der Waals surface area contributed by atoms with E-state index in [1.165, 1.54) is 54.5 Å². The van der Waals surface area contributed by atoms with Gasteiger partial charge in [-0.2, -0.15) is 0 Å². The fourth-order valence-electron chi connectivity index (χ4n) is 8.79. The first-order chi connectivity index (χ1) is 27.8. The lowest BCUT2D eigenvalue weighted by atomic mass is 9.90. The molecule has 11 rings (SSSR count). The van der Waals surface area contributed by atoms with Crippen molar-refractivity contribution in [1.29, 1.82) is 0 Å². The van der Waals surface area contributed by atoms with Crippen LogP contribution in [0, 0.1) is 0 Å². The molecule has 3 aromatic heterocycles. The fraction of sp³-hybridized carbons (Fsp3) is 0.0769. The number of fused-ring (bicyclic) bond motifs is 6. The Labute approximate surface area is 325 Å². The van der Waals surface area contributed by atoms with E-state index in [0.29, 0.717) is 5.82 Å². The molecule has 9 aromatic rings. The molecule has 4 heteroatoms. The van der Waals surface area contributed by atoms with Crippen LogP contribution < -0.4 is 10.6 Å². The van der Waals surface area contributed by atoms with Crippen molar-refractivity contribution in [2.24, 2.45) is 0 Å². The maximum atomic E-state index is 5.07. The number of rotatable bonds is 6. The van der Waals surface area contributed by atoms with Crippen LogP contribution >= 0.6 is 0 Å². The molecular weight excluding hydrogens is 681 g/mol. The Hall–Kier alpha value is -7.04. The van der Waals surface area contributed by atoms with Gasteiger partial charge in [0.15, 0.2) is 5.82 Å². The fourth-order valence-corrected chi connectivity index (χ4v) is 8.79. The molecule has 0 unspecified atom stereocenters. The van der Waals surface area contributed by atoms with Crippen LogP contribution in [0.4, 0.5) is 0 Å². The van der Waals surface area contributed by atoms with Gasteiger partial charge in [-0.3, -0.25) is 0 Å². The lowest BCUT2D eigenvalue weighted by molar-refractivity contribution is 0.909. The molecule has 3 heterocycles. The van der Waals surface area contributed by atoms with Crippen LogP contribution in [0.1, 0.15) is 30.7 Å². The molecule has 0 radical (unpaired) electrons. The van der Waals surface area contributed by atoms with Crippen molar-refractivity contribution in [3.63, 3.8) is 0 Å². The van der Waals surface area contributed by atoms with Gasteiger partial charge in [0.1, 0.15) is 0 Å². The van der Waals surface area contributed by atoms with Crippen LogP contribution in [0.5, 0.6) is 0 Å². The van der Waals surface area contributed by atoms with E-state index in [4.69, 9.17) is 9.97 Å². The van der Waals surface area contributed by atoms with Gasteiger partial charge in [0.05, 0.1) is 27.9 Å². The summed E-state index contributed by atoms with van der Waals surface area (Å²) in [5.74, 6) is 0.998. The lowest BCUT2D eigenvalue weighted by Crippen LogP contribution is -2.32. The van der Waals surface area contributed by atoms with Crippen LogP contribution in [-0.2, 0) is 0 Å². The van der Waals surface area contributed by atoms with Crippen LogP contribution in [-0.4, -0.2) is 19.1 Å². The van der Waals surface area contributed by atoms with E-state index in [1.54, 1.807) is 0 Å². The maximum Gasteiger partial charge on any atom is 0.160 e. The second kappa shape index (κ2) is 13.4. The molecular formula is C52H38N4. The molecule has 0 spiro atoms. The van der Waals surface area contributed by atoms with E-state index in [9.17, 15) is 0 Å². The average Bonchev–Trinajstić information content (AvgIpc) is 3.79. The molecule has 0 N–H and O–H groups in total. The zero-order valence-electron chi connectivity index (χ0n) is 30.9. The number of nitrogens with zero attached hydrogens (tertiary/aromatic N) is 4. The molecule has 0 saturated carbocycles. The molecule has 266 valence electrons. The van der Waals surface area contributed by atoms with Crippen molar-refractivity contribution in [3.05, 3.63) is 192 Å². The minimum atomic E-state index is 0.288. The molecule has 0 amide bonds. The first-order valence-electron chi connectivity index (χ1n) is 19.6. The number of hydrogen-bond acceptors (Lipinski definition) is 2. The van der Waals surface area contributed by atoms with E-state index in [-0.39, 0.29) is 5.92 Å². The van der Waals surface area contributed by atoms with Crippen molar-refractivity contribution in [2.75, 3.05) is 0 Å². The van der Waals surface area contributed by atoms with Gasteiger partial charge in [0.25, 0.3) is 0 Å². The molecule has 2 aliphatic rings. The molecule has 56 heavy (non-hydrogen) atoms. The topological polar surface area (TPSA) is 35.6 Å². The van der Waals surface area contributed by atoms with Gasteiger partial charge in [0.2, 0.25) is 0 Å². The highest BCUT2D eigenvalue weighted by atomic mass is 15.0. The molecule has 0 fully saturated rings. The predicted octanol–water partition coefficient (Wildman–Crippen LogP) is 11.5. The third-order valence-corrected chi connectivity index (χ3v) is 11.5. The van der Waals surface area contributed by atoms with Crippen LogP contribution in [0.25, 0.3) is 90.1 Å². The van der Waals surface area contributed by atoms with Crippen molar-refractivity contribution >= 4 is 50.6 Å². The maximum absolute atomic E-state index is 5.07. The van der Waals surface area contributed by atoms with Crippen LogP contribution in [0.15, 0.2) is 176 Å². The van der Waals surface area contributed by atoms with Gasteiger partial charge in [0, 0.05) is 60.7 Å². The van der Waals surface area contributed by atoms with E-state index in [2.05, 4.69) is 185 Å². The van der Waals surface area contributed by atoms with Gasteiger partial charge in [-0.05, 0) is 85.5 Å². The molecule has 1 atom stereocenters. The Morgan fingerprint density at radius 3 is 1.84 bits per heavy atom. The summed E-state index contributed by atoms with van der Waals surface area (Å²) in [7, 11) is 0. The quantitative estimate of drug-likeness (QED) is 0.172. The van der Waals surface area contributed by atoms with Gasteiger partial charge in [-0.15, -0.1) is 0 Å². The Kier molecular flexibility index (Phi) is 7.73. The third-order valence-electron chi connectivity index (χ3n) is 11.5. The number of aromatic nitrogens is 4. The average molecular weight is 719 g/mol. The van der Waals surface area contributed by atoms with Crippen molar-refractivity contribution in [2.45, 2.75) is 25.2 Å². The number of allylic oxidation sites excluding steroid dienone is 4. The lowest BCUT2D eigenvalue weighted by Gasteiger charge is -2.16. The predicted molar refractivity (Wildman–Crippen MR) is 233 cm³/mol. The van der Waals surface area contributed by atoms with Gasteiger partial charge in [-0.1, -0.05) is 127 Å². The summed E-state index contributed by atoms with van der Waals surface area (Å²) in [4.78, 5) is 10.1. The second-order valence-corrected chi connectivity index (χ2v) is 14.8. The largest absolute Gasteiger partial charge is 0.310 e. The van der Waals surface area contributed by atoms with Gasteiger partial charge < -0.3 is 9.13 Å². The molecule has 0 bridgehead atoms. The molecule has 4 nitrogen and oxygen atoms in total. The summed E-state index contributed by atoms with van der Waals surface area (Å²) < 4.78 is 4.85. The molecule has 0 aliphatic heterocycles. The Morgan fingerprint density at radius 1 is 0.500 bits per heavy atom. The smallest absolute Gasteiger partial charge is 0.160 e. The number of para-hydroxylation sites is 2. The highest BCUT2D eigenvalue weighted by Crippen LogP contribution is 2.36. The highest BCUT2D eigenvalue weighted by molar-refractivity contribution is 6.09. The standard InChI is InChI=1S/C52H38N4/c1-4-14-35(15-5-1)46-34-47(36-16-6-2-7-17-36)54-52(53-46)37-24-28-41(29-25-37)56-49-23-13-11-21-43(49)45-33-39(27-31-51(45)56)38-26-30-50-44(32-38)42-20-10-12-22-48(42)55(50)40-18-8-3-9-19-40/h1-2,4-8,10-25,27-34,38H,3,9,26H2/t38-/m1/s1. The van der Waals surface area contributed by atoms with E-state index >= 15 is 0 Å². The normalized spacial score (nSPS) is 15.1. The molecule has 2 aliphatic carbocycles. The van der Waals surface area contributed by atoms with Gasteiger partial charge in [-0.25, -0.2) is 9.97 Å². The van der Waals surface area contributed by atoms with E-state index in [1.807, 2.05) is 12.1 Å². The van der Waals surface area contributed by atoms with Crippen LogP contribution in [0.2, 0.25) is 0 Å². The summed E-state index contributed by atoms with van der Waals surface area (Å²) in [6, 6.07) is 56.2. The minimum absolute atomic E-state index is 0.288. The van der Waals surface area contributed by atoms with E-state index in [0.717, 1.165) is 53.0 Å². The summed E-state index contributed by atoms with van der Waals surface area (Å²) in [6.07, 6.45) is 15.1. The molecule has 6 aromatic carbocycles. The van der Waals surface area contributed by atoms with Crippen molar-refractivity contribution in [3.8, 4) is 39.6 Å². The second-order valence-electron chi connectivity index (χ2n) is 14.8. The Bertz CT molecular complexity index is 3090. The number of benzene rings is 6. The SMILES string of the molecule is C1=CC(n2c3c(c4ccccc42)=C[C@H](c2ccc4c(c2)c2ccccc2n4-c2ccc(-c4nc(-c5ccccc5)cc(-c5ccccc5)n4)cc2)CC=3)=CCC1. The van der Waals surface area contributed by atoms with Crippen molar-refractivity contribution < 1.29 is 0 Å². The summed E-state index contributed by atoms with van der Waals surface area (Å²) in [5, 5.41) is 6.50. The Balaban J connectivity index is 0.990. The minimum Gasteiger partial charge on any atom is -0.310 e. The summed E-state index contributed by atoms with van der Waals surface area (Å²) in [6.45, 7) is 0. The van der Waals surface area contributed by atoms with Gasteiger partial charge >= 0.3 is 0 Å². The van der Waals surface area contributed by atoms with E-state index < -0.39 is 0 Å². The zero-order valence-corrected chi connectivity index (χ0v) is 30.9. The summed E-state index contributed by atoms with van der Waals surface area (Å²) in [5.41, 5.74) is 12.3. The Morgan fingerprint density at radius 2 is 1.14 bits per heavy atom. The van der Waals surface area contributed by atoms with Crippen LogP contribution in [0.3, 0.4) is 0 Å². The summed E-state index contributed by atoms with van der Waals surface area (Å²) >= 11 is 0.